The van der Waals surface area contributed by atoms with Crippen molar-refractivity contribution in [1.82, 2.24) is 14.9 Å². The number of hydrogen-bond donors (Lipinski definition) is 2. The Kier molecular flexibility index (Phi) is 2.78. The van der Waals surface area contributed by atoms with E-state index in [1.165, 1.54) is 0 Å². The molecule has 0 aliphatic carbocycles. The third kappa shape index (κ3) is 1.97. The van der Waals surface area contributed by atoms with E-state index in [2.05, 4.69) is 5.32 Å². The van der Waals surface area contributed by atoms with E-state index in [9.17, 15) is 14.4 Å². The summed E-state index contributed by atoms with van der Waals surface area (Å²) in [6, 6.07) is 1.03. The molecule has 1 unspecified atom stereocenters. The first-order valence-corrected chi connectivity index (χ1v) is 5.17. The van der Waals surface area contributed by atoms with Crippen LogP contribution in [-0.4, -0.2) is 22.0 Å². The molecule has 0 radical (unpaired) electrons. The number of piperidine rings is 1. The van der Waals surface area contributed by atoms with Crippen LogP contribution in [0.1, 0.15) is 24.4 Å². The highest BCUT2D eigenvalue weighted by molar-refractivity contribution is 5.80. The minimum absolute atomic E-state index is 0.178. The first-order valence-electron chi connectivity index (χ1n) is 5.17. The molecule has 1 aliphatic rings. The third-order valence-electron chi connectivity index (χ3n) is 2.68. The molecule has 0 spiro atoms. The molecular formula is C10H10N4O3. The first kappa shape index (κ1) is 11.1. The Balaban J connectivity index is 2.52. The highest BCUT2D eigenvalue weighted by Crippen LogP contribution is 2.15. The summed E-state index contributed by atoms with van der Waals surface area (Å²) in [6.45, 7) is 0.582. The van der Waals surface area contributed by atoms with E-state index in [4.69, 9.17) is 5.26 Å². The van der Waals surface area contributed by atoms with Crippen molar-refractivity contribution in [3.05, 3.63) is 32.6 Å². The van der Waals surface area contributed by atoms with Gasteiger partial charge >= 0.3 is 5.69 Å². The number of hydrogen-bond acceptors (Lipinski definition) is 4. The molecule has 2 N–H and O–H groups in total. The van der Waals surface area contributed by atoms with Gasteiger partial charge in [0.05, 0.1) is 0 Å². The average molecular weight is 234 g/mol. The zero-order chi connectivity index (χ0) is 12.4. The number of aromatic amines is 1. The van der Waals surface area contributed by atoms with Crippen molar-refractivity contribution in [3.63, 3.8) is 0 Å². The molecule has 1 aliphatic heterocycles. The monoisotopic (exact) mass is 234 g/mol. The van der Waals surface area contributed by atoms with Gasteiger partial charge in [0.1, 0.15) is 17.7 Å². The van der Waals surface area contributed by atoms with Crippen molar-refractivity contribution in [2.75, 3.05) is 6.54 Å². The van der Waals surface area contributed by atoms with Gasteiger partial charge in [-0.15, -0.1) is 0 Å². The van der Waals surface area contributed by atoms with Crippen LogP contribution in [0, 0.1) is 11.3 Å². The molecule has 88 valence electrons. The van der Waals surface area contributed by atoms with Gasteiger partial charge in [-0.25, -0.2) is 4.79 Å². The van der Waals surface area contributed by atoms with Gasteiger partial charge in [-0.3, -0.25) is 19.1 Å². The molecule has 2 rings (SSSR count). The highest BCUT2D eigenvalue weighted by atomic mass is 16.2. The quantitative estimate of drug-likeness (QED) is 0.640. The van der Waals surface area contributed by atoms with Gasteiger partial charge in [0, 0.05) is 12.7 Å². The summed E-state index contributed by atoms with van der Waals surface area (Å²) in [5.41, 5.74) is -1.58. The van der Waals surface area contributed by atoms with Gasteiger partial charge < -0.3 is 5.32 Å². The number of nitrogens with one attached hydrogen (secondary N) is 2. The largest absolute Gasteiger partial charge is 0.354 e. The van der Waals surface area contributed by atoms with Crippen LogP contribution in [-0.2, 0) is 4.79 Å². The fourth-order valence-corrected chi connectivity index (χ4v) is 1.82. The van der Waals surface area contributed by atoms with Gasteiger partial charge in [0.15, 0.2) is 0 Å². The number of carbonyl (C=O) groups is 1. The Labute approximate surface area is 95.7 Å². The smallest absolute Gasteiger partial charge is 0.329 e. The fraction of sp³-hybridized carbons (Fsp3) is 0.400. The Morgan fingerprint density at radius 2 is 2.18 bits per heavy atom. The molecule has 1 saturated heterocycles. The lowest BCUT2D eigenvalue weighted by Gasteiger charge is -2.23. The number of rotatable bonds is 1. The number of amides is 1. The first-order chi connectivity index (χ1) is 8.13. The third-order valence-corrected chi connectivity index (χ3v) is 2.68. The second-order valence-electron chi connectivity index (χ2n) is 3.77. The number of nitriles is 1. The van der Waals surface area contributed by atoms with Gasteiger partial charge in [0.25, 0.3) is 5.56 Å². The van der Waals surface area contributed by atoms with Crippen LogP contribution in [0.4, 0.5) is 0 Å². The molecule has 1 amide bonds. The molecule has 1 aromatic rings. The van der Waals surface area contributed by atoms with Crippen LogP contribution < -0.4 is 16.6 Å². The highest BCUT2D eigenvalue weighted by Gasteiger charge is 2.25. The van der Waals surface area contributed by atoms with Crippen molar-refractivity contribution in [2.24, 2.45) is 0 Å². The Morgan fingerprint density at radius 1 is 1.41 bits per heavy atom. The normalized spacial score (nSPS) is 19.5. The second-order valence-corrected chi connectivity index (χ2v) is 3.77. The molecule has 0 bridgehead atoms. The number of carbonyl (C=O) groups excluding carboxylic acids is 1. The molecule has 0 aromatic carbocycles. The van der Waals surface area contributed by atoms with Crippen LogP contribution in [0.5, 0.6) is 0 Å². The molecular weight excluding hydrogens is 224 g/mol. The van der Waals surface area contributed by atoms with E-state index in [-0.39, 0.29) is 11.5 Å². The van der Waals surface area contributed by atoms with E-state index in [0.717, 1.165) is 17.2 Å². The predicted octanol–water partition coefficient (Wildman–Crippen LogP) is -1.14. The zero-order valence-electron chi connectivity index (χ0n) is 8.90. The van der Waals surface area contributed by atoms with Crippen LogP contribution in [0.3, 0.4) is 0 Å². The summed E-state index contributed by atoms with van der Waals surface area (Å²) in [6.07, 6.45) is 2.41. The van der Waals surface area contributed by atoms with Crippen molar-refractivity contribution < 1.29 is 4.79 Å². The Morgan fingerprint density at radius 3 is 2.82 bits per heavy atom. The molecule has 17 heavy (non-hydrogen) atoms. The molecule has 7 nitrogen and oxygen atoms in total. The molecule has 1 atom stereocenters. The zero-order valence-corrected chi connectivity index (χ0v) is 8.90. The Bertz CT molecular complexity index is 607. The fourth-order valence-electron chi connectivity index (χ4n) is 1.82. The lowest BCUT2D eigenvalue weighted by molar-refractivity contribution is -0.125. The summed E-state index contributed by atoms with van der Waals surface area (Å²) in [7, 11) is 0. The molecule has 2 heterocycles. The van der Waals surface area contributed by atoms with Gasteiger partial charge in [-0.1, -0.05) is 0 Å². The van der Waals surface area contributed by atoms with E-state index in [1.54, 1.807) is 6.07 Å². The lowest BCUT2D eigenvalue weighted by atomic mass is 10.1. The van der Waals surface area contributed by atoms with Gasteiger partial charge in [0.2, 0.25) is 5.91 Å². The molecule has 0 saturated carbocycles. The number of nitrogens with zero attached hydrogens (tertiary/aromatic N) is 2. The molecule has 7 heteroatoms. The molecule has 1 aromatic heterocycles. The van der Waals surface area contributed by atoms with Gasteiger partial charge in [-0.05, 0) is 12.8 Å². The molecule has 1 fully saturated rings. The second kappa shape index (κ2) is 4.25. The Hall–Kier alpha value is -2.36. The summed E-state index contributed by atoms with van der Waals surface area (Å²) in [4.78, 5) is 36.4. The minimum atomic E-state index is -0.732. The van der Waals surface area contributed by atoms with Crippen LogP contribution >= 0.6 is 0 Å². The SMILES string of the molecule is N#Cc1cn(C2CCCNC2=O)c(=O)[nH]c1=O. The lowest BCUT2D eigenvalue weighted by Crippen LogP contribution is -2.43. The minimum Gasteiger partial charge on any atom is -0.354 e. The number of aromatic nitrogens is 2. The van der Waals surface area contributed by atoms with Crippen molar-refractivity contribution in [3.8, 4) is 6.07 Å². The topological polar surface area (TPSA) is 108 Å². The summed E-state index contributed by atoms with van der Waals surface area (Å²) < 4.78 is 1.11. The van der Waals surface area contributed by atoms with E-state index in [1.807, 2.05) is 4.98 Å². The average Bonchev–Trinajstić information content (AvgIpc) is 2.31. The number of H-pyrrole nitrogens is 1. The maximum atomic E-state index is 11.6. The summed E-state index contributed by atoms with van der Waals surface area (Å²) >= 11 is 0. The van der Waals surface area contributed by atoms with Crippen LogP contribution in [0.25, 0.3) is 0 Å². The summed E-state index contributed by atoms with van der Waals surface area (Å²) in [5.74, 6) is -0.269. The maximum Gasteiger partial charge on any atom is 0.329 e. The predicted molar refractivity (Wildman–Crippen MR) is 57.3 cm³/mol. The van der Waals surface area contributed by atoms with E-state index >= 15 is 0 Å². The van der Waals surface area contributed by atoms with Crippen LogP contribution in [0.15, 0.2) is 15.8 Å². The van der Waals surface area contributed by atoms with Crippen LogP contribution in [0.2, 0.25) is 0 Å². The maximum absolute atomic E-state index is 11.6. The van der Waals surface area contributed by atoms with Crippen molar-refractivity contribution in [2.45, 2.75) is 18.9 Å². The van der Waals surface area contributed by atoms with Gasteiger partial charge in [-0.2, -0.15) is 5.26 Å². The standard InChI is InChI=1S/C10H10N4O3/c11-4-6-5-14(10(17)13-8(6)15)7-2-1-3-12-9(7)16/h5,7H,1-3H2,(H,12,16)(H,13,15,17). The van der Waals surface area contributed by atoms with E-state index in [0.29, 0.717) is 13.0 Å². The van der Waals surface area contributed by atoms with Crippen molar-refractivity contribution in [1.29, 1.82) is 5.26 Å². The summed E-state index contributed by atoms with van der Waals surface area (Å²) in [5, 5.41) is 11.3. The van der Waals surface area contributed by atoms with E-state index < -0.39 is 17.3 Å². The van der Waals surface area contributed by atoms with Crippen molar-refractivity contribution >= 4 is 5.91 Å².